The summed E-state index contributed by atoms with van der Waals surface area (Å²) in [4.78, 5) is 38.6. The van der Waals surface area contributed by atoms with Crippen molar-refractivity contribution in [1.82, 2.24) is 5.32 Å². The summed E-state index contributed by atoms with van der Waals surface area (Å²) in [5, 5.41) is 2.52. The van der Waals surface area contributed by atoms with E-state index in [0.29, 0.717) is 16.8 Å². The van der Waals surface area contributed by atoms with Crippen molar-refractivity contribution in [2.45, 2.75) is 13.3 Å². The molecular weight excluding hydrogens is 364 g/mol. The summed E-state index contributed by atoms with van der Waals surface area (Å²) >= 11 is 0. The van der Waals surface area contributed by atoms with Crippen molar-refractivity contribution in [2.75, 3.05) is 11.9 Å². The zero-order valence-corrected chi connectivity index (χ0v) is 16.2. The van der Waals surface area contributed by atoms with Crippen molar-refractivity contribution in [3.05, 3.63) is 100 Å². The van der Waals surface area contributed by atoms with E-state index in [0.717, 1.165) is 16.9 Å². The molecule has 1 N–H and O–H groups in total. The maximum Gasteiger partial charge on any atom is 0.266 e. The summed E-state index contributed by atoms with van der Waals surface area (Å²) in [6.45, 7) is 2.05. The van der Waals surface area contributed by atoms with Gasteiger partial charge in [0, 0.05) is 12.6 Å². The summed E-state index contributed by atoms with van der Waals surface area (Å²) < 4.78 is 0. The van der Waals surface area contributed by atoms with Gasteiger partial charge in [-0.3, -0.25) is 14.4 Å². The highest BCUT2D eigenvalue weighted by Crippen LogP contribution is 2.29. The van der Waals surface area contributed by atoms with Gasteiger partial charge in [0.25, 0.3) is 17.7 Å². The fourth-order valence-corrected chi connectivity index (χ4v) is 3.47. The Balaban J connectivity index is 1.58. The van der Waals surface area contributed by atoms with Crippen LogP contribution in [0.5, 0.6) is 0 Å². The molecule has 4 rings (SSSR count). The summed E-state index contributed by atoms with van der Waals surface area (Å²) in [5.74, 6) is -1.09. The third-order valence-corrected chi connectivity index (χ3v) is 5.10. The Kier molecular flexibility index (Phi) is 4.72. The molecule has 0 saturated heterocycles. The smallest absolute Gasteiger partial charge is 0.266 e. The van der Waals surface area contributed by atoms with Crippen LogP contribution in [0.25, 0.3) is 0 Å². The molecular formula is C24H20N2O3. The van der Waals surface area contributed by atoms with Gasteiger partial charge in [0.05, 0.1) is 16.8 Å². The molecule has 0 atom stereocenters. The lowest BCUT2D eigenvalue weighted by atomic mass is 10.0. The van der Waals surface area contributed by atoms with E-state index in [9.17, 15) is 14.4 Å². The van der Waals surface area contributed by atoms with E-state index in [4.69, 9.17) is 0 Å². The third kappa shape index (κ3) is 3.43. The van der Waals surface area contributed by atoms with Gasteiger partial charge in [0.15, 0.2) is 0 Å². The minimum absolute atomic E-state index is 0.250. The number of benzene rings is 3. The monoisotopic (exact) mass is 384 g/mol. The number of hydrogen-bond acceptors (Lipinski definition) is 3. The molecule has 1 aliphatic rings. The van der Waals surface area contributed by atoms with Crippen molar-refractivity contribution in [3.63, 3.8) is 0 Å². The van der Waals surface area contributed by atoms with Crippen LogP contribution in [-0.4, -0.2) is 24.8 Å². The summed E-state index contributed by atoms with van der Waals surface area (Å²) in [5.41, 5.74) is 4.94. The number of imide groups is 1. The molecule has 5 nitrogen and oxygen atoms in total. The average molecular weight is 384 g/mol. The topological polar surface area (TPSA) is 66.5 Å². The Bertz CT molecular complexity index is 1120. The van der Waals surface area contributed by atoms with E-state index in [-0.39, 0.29) is 17.4 Å². The maximum atomic E-state index is 12.9. The van der Waals surface area contributed by atoms with Gasteiger partial charge in [-0.15, -0.1) is 0 Å². The number of amides is 3. The van der Waals surface area contributed by atoms with Gasteiger partial charge in [-0.2, -0.15) is 0 Å². The second kappa shape index (κ2) is 7.36. The maximum absolute atomic E-state index is 12.9. The number of carbonyl (C=O) groups excluding carboxylic acids is 3. The second-order valence-electron chi connectivity index (χ2n) is 7.11. The van der Waals surface area contributed by atoms with Crippen molar-refractivity contribution in [3.8, 4) is 0 Å². The fraction of sp³-hybridized carbons (Fsp3) is 0.125. The first-order valence-electron chi connectivity index (χ1n) is 9.37. The highest BCUT2D eigenvalue weighted by atomic mass is 16.2. The van der Waals surface area contributed by atoms with E-state index in [1.165, 1.54) is 30.3 Å². The van der Waals surface area contributed by atoms with Crippen molar-refractivity contribution < 1.29 is 14.4 Å². The number of carbonyl (C=O) groups is 3. The molecule has 29 heavy (non-hydrogen) atoms. The lowest BCUT2D eigenvalue weighted by Crippen LogP contribution is -2.29. The van der Waals surface area contributed by atoms with Crippen LogP contribution in [0.1, 0.15) is 47.8 Å². The Morgan fingerprint density at radius 3 is 2.03 bits per heavy atom. The number of nitrogens with zero attached hydrogens (tertiary/aromatic N) is 1. The standard InChI is InChI=1S/C24H20N2O3/c1-15-3-5-16(6-4-15)13-17-7-10-19(11-8-17)26-23(28)20-12-9-18(22(27)25-2)14-21(20)24(26)29/h3-12,14H,13H2,1-2H3,(H,25,27). The van der Waals surface area contributed by atoms with Gasteiger partial charge in [0.2, 0.25) is 0 Å². The van der Waals surface area contributed by atoms with E-state index in [1.807, 2.05) is 12.1 Å². The minimum atomic E-state index is -0.415. The first kappa shape index (κ1) is 18.6. The van der Waals surface area contributed by atoms with Crippen molar-refractivity contribution in [1.29, 1.82) is 0 Å². The summed E-state index contributed by atoms with van der Waals surface area (Å²) in [6.07, 6.45) is 0.776. The molecule has 0 unspecified atom stereocenters. The van der Waals surface area contributed by atoms with Crippen LogP contribution in [0, 0.1) is 6.92 Å². The third-order valence-electron chi connectivity index (χ3n) is 5.10. The quantitative estimate of drug-likeness (QED) is 0.697. The minimum Gasteiger partial charge on any atom is -0.355 e. The SMILES string of the molecule is CNC(=O)c1ccc2c(c1)C(=O)N(c1ccc(Cc3ccc(C)cc3)cc1)C2=O. The van der Waals surface area contributed by atoms with Gasteiger partial charge in [0.1, 0.15) is 0 Å². The molecule has 1 aliphatic heterocycles. The lowest BCUT2D eigenvalue weighted by Gasteiger charge is -2.14. The normalized spacial score (nSPS) is 12.8. The first-order chi connectivity index (χ1) is 14.0. The van der Waals surface area contributed by atoms with Crippen LogP contribution in [0.2, 0.25) is 0 Å². The number of aryl methyl sites for hydroxylation is 1. The second-order valence-corrected chi connectivity index (χ2v) is 7.11. The van der Waals surface area contributed by atoms with E-state index >= 15 is 0 Å². The molecule has 144 valence electrons. The molecule has 0 aliphatic carbocycles. The zero-order chi connectivity index (χ0) is 20.5. The number of anilines is 1. The van der Waals surface area contributed by atoms with Crippen LogP contribution in [0.3, 0.4) is 0 Å². The van der Waals surface area contributed by atoms with Crippen LogP contribution in [0.15, 0.2) is 66.7 Å². The van der Waals surface area contributed by atoms with Crippen LogP contribution in [0.4, 0.5) is 5.69 Å². The van der Waals surface area contributed by atoms with Crippen LogP contribution < -0.4 is 10.2 Å². The van der Waals surface area contributed by atoms with Crippen LogP contribution >= 0.6 is 0 Å². The summed E-state index contributed by atoms with van der Waals surface area (Å²) in [7, 11) is 1.52. The van der Waals surface area contributed by atoms with Gasteiger partial charge in [-0.25, -0.2) is 4.90 Å². The molecule has 0 bridgehead atoms. The Morgan fingerprint density at radius 2 is 1.41 bits per heavy atom. The molecule has 3 aromatic rings. The predicted octanol–water partition coefficient (Wildman–Crippen LogP) is 3.75. The van der Waals surface area contributed by atoms with Gasteiger partial charge in [-0.1, -0.05) is 42.0 Å². The first-order valence-corrected chi connectivity index (χ1v) is 9.37. The number of nitrogens with one attached hydrogen (secondary N) is 1. The summed E-state index contributed by atoms with van der Waals surface area (Å²) in [6, 6.07) is 20.3. The zero-order valence-electron chi connectivity index (χ0n) is 16.2. The Morgan fingerprint density at radius 1 is 0.828 bits per heavy atom. The molecule has 5 heteroatoms. The van der Waals surface area contributed by atoms with E-state index < -0.39 is 5.91 Å². The largest absolute Gasteiger partial charge is 0.355 e. The fourth-order valence-electron chi connectivity index (χ4n) is 3.47. The number of fused-ring (bicyclic) bond motifs is 1. The molecule has 0 saturated carbocycles. The Hall–Kier alpha value is -3.73. The molecule has 3 amide bonds. The highest BCUT2D eigenvalue weighted by molar-refractivity contribution is 6.34. The molecule has 0 radical (unpaired) electrons. The number of hydrogen-bond donors (Lipinski definition) is 1. The Labute approximate surface area is 169 Å². The molecule has 3 aromatic carbocycles. The van der Waals surface area contributed by atoms with Gasteiger partial charge >= 0.3 is 0 Å². The van der Waals surface area contributed by atoms with Crippen LogP contribution in [-0.2, 0) is 6.42 Å². The number of rotatable bonds is 4. The molecule has 1 heterocycles. The van der Waals surface area contributed by atoms with Gasteiger partial charge in [-0.05, 0) is 54.8 Å². The van der Waals surface area contributed by atoms with E-state index in [2.05, 4.69) is 36.5 Å². The van der Waals surface area contributed by atoms with Gasteiger partial charge < -0.3 is 5.32 Å². The highest BCUT2D eigenvalue weighted by Gasteiger charge is 2.37. The van der Waals surface area contributed by atoms with Crippen molar-refractivity contribution in [2.24, 2.45) is 0 Å². The van der Waals surface area contributed by atoms with E-state index in [1.54, 1.807) is 18.2 Å². The lowest BCUT2D eigenvalue weighted by molar-refractivity contribution is 0.0924. The molecule has 0 aromatic heterocycles. The predicted molar refractivity (Wildman–Crippen MR) is 111 cm³/mol. The average Bonchev–Trinajstić information content (AvgIpc) is 2.99. The van der Waals surface area contributed by atoms with Crippen molar-refractivity contribution >= 4 is 23.4 Å². The molecule has 0 spiro atoms. The molecule has 0 fully saturated rings.